The van der Waals surface area contributed by atoms with Gasteiger partial charge in [-0.3, -0.25) is 14.6 Å². The number of H-pyrrole nitrogens is 1. The molecule has 226 valence electrons. The van der Waals surface area contributed by atoms with Crippen LogP contribution < -0.4 is 10.1 Å². The van der Waals surface area contributed by atoms with Crippen molar-refractivity contribution < 1.29 is 27.5 Å². The van der Waals surface area contributed by atoms with Gasteiger partial charge >= 0.3 is 0 Å². The predicted molar refractivity (Wildman–Crippen MR) is 165 cm³/mol. The molecule has 1 aliphatic rings. The topological polar surface area (TPSA) is 110 Å². The molecule has 0 spiro atoms. The fourth-order valence-electron chi connectivity index (χ4n) is 6.02. The maximum Gasteiger partial charge on any atom is 0.255 e. The summed E-state index contributed by atoms with van der Waals surface area (Å²) >= 11 is 0. The molecule has 0 saturated heterocycles. The number of carbonyl (C=O) groups excluding carboxylic acids is 2. The van der Waals surface area contributed by atoms with Crippen LogP contribution in [0.5, 0.6) is 5.75 Å². The molecule has 1 saturated carbocycles. The third kappa shape index (κ3) is 4.73. The van der Waals surface area contributed by atoms with E-state index in [0.717, 1.165) is 29.7 Å². The number of fused-ring (bicyclic) bond motifs is 2. The van der Waals surface area contributed by atoms with Gasteiger partial charge in [-0.1, -0.05) is 0 Å². The first-order valence-electron chi connectivity index (χ1n) is 14.5. The van der Waals surface area contributed by atoms with Crippen LogP contribution in [-0.2, 0) is 5.41 Å². The maximum atomic E-state index is 16.6. The molecular formula is C35H28F2N4O4. The van der Waals surface area contributed by atoms with Crippen molar-refractivity contribution in [3.05, 3.63) is 101 Å². The van der Waals surface area contributed by atoms with E-state index in [1.54, 1.807) is 43.6 Å². The number of halogens is 2. The van der Waals surface area contributed by atoms with Crippen molar-refractivity contribution in [3.8, 4) is 28.2 Å². The quantitative estimate of drug-likeness (QED) is 0.176. The number of aryl methyl sites for hydroxylation is 1. The summed E-state index contributed by atoms with van der Waals surface area (Å²) in [5.74, 6) is -0.572. The lowest BCUT2D eigenvalue weighted by atomic mass is 9.90. The number of imidazole rings is 1. The van der Waals surface area contributed by atoms with Crippen molar-refractivity contribution in [1.29, 1.82) is 0 Å². The number of pyridine rings is 1. The van der Waals surface area contributed by atoms with E-state index in [-0.39, 0.29) is 40.1 Å². The Kier molecular flexibility index (Phi) is 6.72. The monoisotopic (exact) mass is 606 g/mol. The Morgan fingerprint density at radius 2 is 1.84 bits per heavy atom. The van der Waals surface area contributed by atoms with Crippen molar-refractivity contribution in [3.63, 3.8) is 0 Å². The van der Waals surface area contributed by atoms with Crippen molar-refractivity contribution in [2.45, 2.75) is 31.6 Å². The van der Waals surface area contributed by atoms with Crippen LogP contribution in [0.2, 0.25) is 0 Å². The number of carbonyl (C=O) groups is 2. The minimum absolute atomic E-state index is 0.00219. The molecule has 3 aromatic heterocycles. The second-order valence-electron chi connectivity index (χ2n) is 11.4. The number of amides is 1. The van der Waals surface area contributed by atoms with E-state index in [2.05, 4.69) is 15.3 Å². The van der Waals surface area contributed by atoms with Gasteiger partial charge in [-0.25, -0.2) is 13.8 Å². The Bertz CT molecular complexity index is 2110. The zero-order valence-electron chi connectivity index (χ0n) is 24.8. The van der Waals surface area contributed by atoms with Gasteiger partial charge in [-0.05, 0) is 85.5 Å². The van der Waals surface area contributed by atoms with Crippen LogP contribution in [0, 0.1) is 18.6 Å². The van der Waals surface area contributed by atoms with E-state index in [1.807, 2.05) is 6.07 Å². The molecule has 1 aliphatic carbocycles. The zero-order valence-corrected chi connectivity index (χ0v) is 24.8. The first-order valence-corrected chi connectivity index (χ1v) is 14.5. The first-order chi connectivity index (χ1) is 21.7. The summed E-state index contributed by atoms with van der Waals surface area (Å²) in [7, 11) is 2.94. The molecule has 45 heavy (non-hydrogen) atoms. The molecular weight excluding hydrogens is 578 g/mol. The SMILES string of the molecule is CNC(=O)c1c(-c2ccc(F)cc2)oc2ccc(-c3cc(C(=O)CC4(c5nc6ccncc6[nH]5)CC4)c(OC)cc3C)c(F)c12. The average Bonchev–Trinajstić information content (AvgIpc) is 3.50. The van der Waals surface area contributed by atoms with Gasteiger partial charge in [0.25, 0.3) is 5.91 Å². The van der Waals surface area contributed by atoms with Gasteiger partial charge in [0.15, 0.2) is 5.78 Å². The van der Waals surface area contributed by atoms with E-state index in [4.69, 9.17) is 14.1 Å². The lowest BCUT2D eigenvalue weighted by Gasteiger charge is -2.16. The molecule has 10 heteroatoms. The number of hydrogen-bond donors (Lipinski definition) is 2. The Labute approximate surface area is 256 Å². The summed E-state index contributed by atoms with van der Waals surface area (Å²) in [6, 6.07) is 13.8. The molecule has 7 rings (SSSR count). The molecule has 0 atom stereocenters. The van der Waals surface area contributed by atoms with Crippen molar-refractivity contribution in [1.82, 2.24) is 20.3 Å². The van der Waals surface area contributed by atoms with Crippen LogP contribution in [-0.4, -0.2) is 40.8 Å². The fraction of sp³-hybridized carbons (Fsp3) is 0.200. The van der Waals surface area contributed by atoms with Crippen molar-refractivity contribution >= 4 is 33.7 Å². The summed E-state index contributed by atoms with van der Waals surface area (Å²) in [6.45, 7) is 1.81. The van der Waals surface area contributed by atoms with Crippen LogP contribution in [0.15, 0.2) is 71.4 Å². The number of nitrogens with zero attached hydrogens (tertiary/aromatic N) is 2. The van der Waals surface area contributed by atoms with Crippen LogP contribution in [0.25, 0.3) is 44.5 Å². The van der Waals surface area contributed by atoms with Gasteiger partial charge in [0.1, 0.15) is 34.6 Å². The molecule has 8 nitrogen and oxygen atoms in total. The highest BCUT2D eigenvalue weighted by molar-refractivity contribution is 6.12. The smallest absolute Gasteiger partial charge is 0.255 e. The van der Waals surface area contributed by atoms with Crippen LogP contribution in [0.3, 0.4) is 0 Å². The van der Waals surface area contributed by atoms with Gasteiger partial charge in [0, 0.05) is 36.2 Å². The number of rotatable bonds is 8. The molecule has 6 aromatic rings. The van der Waals surface area contributed by atoms with Crippen LogP contribution in [0.4, 0.5) is 8.78 Å². The van der Waals surface area contributed by atoms with Crippen molar-refractivity contribution in [2.75, 3.05) is 14.2 Å². The van der Waals surface area contributed by atoms with Gasteiger partial charge in [-0.2, -0.15) is 0 Å². The minimum Gasteiger partial charge on any atom is -0.496 e. The highest BCUT2D eigenvalue weighted by Crippen LogP contribution is 2.51. The third-order valence-corrected chi connectivity index (χ3v) is 8.63. The predicted octanol–water partition coefficient (Wildman–Crippen LogP) is 7.30. The summed E-state index contributed by atoms with van der Waals surface area (Å²) in [5.41, 5.74) is 3.43. The van der Waals surface area contributed by atoms with Gasteiger partial charge in [-0.15, -0.1) is 0 Å². The number of methoxy groups -OCH3 is 1. The highest BCUT2D eigenvalue weighted by atomic mass is 19.1. The number of Topliss-reactive ketones (excluding diaryl/α,β-unsaturated/α-hetero) is 1. The number of hydrogen-bond acceptors (Lipinski definition) is 6. The molecule has 0 radical (unpaired) electrons. The number of aromatic nitrogens is 3. The zero-order chi connectivity index (χ0) is 31.5. The Balaban J connectivity index is 1.31. The molecule has 1 fully saturated rings. The Morgan fingerprint density at radius 3 is 2.53 bits per heavy atom. The molecule has 0 bridgehead atoms. The molecule has 1 amide bonds. The Morgan fingerprint density at radius 1 is 1.07 bits per heavy atom. The summed E-state index contributed by atoms with van der Waals surface area (Å²) in [4.78, 5) is 39.2. The Hall–Kier alpha value is -5.38. The number of aromatic amines is 1. The average molecular weight is 607 g/mol. The highest BCUT2D eigenvalue weighted by Gasteiger charge is 2.49. The van der Waals surface area contributed by atoms with Crippen molar-refractivity contribution in [2.24, 2.45) is 0 Å². The molecule has 2 N–H and O–H groups in total. The second-order valence-corrected chi connectivity index (χ2v) is 11.4. The summed E-state index contributed by atoms with van der Waals surface area (Å²) in [6.07, 6.45) is 5.19. The van der Waals surface area contributed by atoms with Crippen LogP contribution in [0.1, 0.15) is 51.4 Å². The normalized spacial score (nSPS) is 13.7. The van der Waals surface area contributed by atoms with Gasteiger partial charge in [0.05, 0.1) is 40.9 Å². The molecule has 0 unspecified atom stereocenters. The minimum atomic E-state index is -0.676. The maximum absolute atomic E-state index is 16.6. The fourth-order valence-corrected chi connectivity index (χ4v) is 6.02. The van der Waals surface area contributed by atoms with Gasteiger partial charge < -0.3 is 19.5 Å². The lowest BCUT2D eigenvalue weighted by Crippen LogP contribution is -2.18. The number of benzene rings is 3. The van der Waals surface area contributed by atoms with E-state index in [0.29, 0.717) is 28.0 Å². The molecule has 3 aromatic carbocycles. The number of ether oxygens (including phenoxy) is 1. The van der Waals surface area contributed by atoms with E-state index in [1.165, 1.54) is 38.4 Å². The lowest BCUT2D eigenvalue weighted by molar-refractivity contribution is 0.0956. The number of ketones is 1. The first kappa shape index (κ1) is 28.4. The van der Waals surface area contributed by atoms with Crippen LogP contribution >= 0.6 is 0 Å². The van der Waals surface area contributed by atoms with E-state index < -0.39 is 23.0 Å². The van der Waals surface area contributed by atoms with E-state index >= 15 is 4.39 Å². The summed E-state index contributed by atoms with van der Waals surface area (Å²) in [5, 5.41) is 2.55. The molecule has 3 heterocycles. The second kappa shape index (κ2) is 10.7. The van der Waals surface area contributed by atoms with Gasteiger partial charge in [0.2, 0.25) is 0 Å². The molecule has 0 aliphatic heterocycles. The largest absolute Gasteiger partial charge is 0.496 e. The standard InChI is InChI=1S/C35H28F2N4O4/c1-18-14-28(44-3)23(26(42)16-35(11-12-35)34-40-24-10-13-39-17-25(24)41-34)15-22(18)21-8-9-27-29(31(21)37)30(33(43)38-2)32(45-27)19-4-6-20(36)7-5-19/h4-10,13-15,17H,11-12,16H2,1-3H3,(H,38,43)(H,40,41). The number of furan rings is 1. The summed E-state index contributed by atoms with van der Waals surface area (Å²) < 4.78 is 41.8. The third-order valence-electron chi connectivity index (χ3n) is 8.63. The van der Waals surface area contributed by atoms with E-state index in [9.17, 15) is 14.0 Å². The number of nitrogens with one attached hydrogen (secondary N) is 2.